The lowest BCUT2D eigenvalue weighted by atomic mass is 9.71. The molecule has 2 rings (SSSR count). The van der Waals surface area contributed by atoms with Crippen LogP contribution in [0.4, 0.5) is 0 Å². The van der Waals surface area contributed by atoms with Gasteiger partial charge in [-0.15, -0.1) is 0 Å². The molecule has 0 bridgehead atoms. The molecule has 4 nitrogen and oxygen atoms in total. The van der Waals surface area contributed by atoms with Gasteiger partial charge in [0.05, 0.1) is 13.0 Å². The van der Waals surface area contributed by atoms with Crippen LogP contribution in [-0.4, -0.2) is 25.0 Å². The quantitative estimate of drug-likeness (QED) is 0.820. The number of hydrogen-bond donors (Lipinski definition) is 1. The molecule has 0 heterocycles. The maximum atomic E-state index is 12.2. The monoisotopic (exact) mass is 303 g/mol. The largest absolute Gasteiger partial charge is 0.466 e. The fourth-order valence-electron chi connectivity index (χ4n) is 3.20. The van der Waals surface area contributed by atoms with Gasteiger partial charge >= 0.3 is 5.97 Å². The van der Waals surface area contributed by atoms with Gasteiger partial charge in [0.15, 0.2) is 0 Å². The van der Waals surface area contributed by atoms with Gasteiger partial charge in [-0.3, -0.25) is 9.59 Å². The molecule has 1 aromatic rings. The predicted molar refractivity (Wildman–Crippen MR) is 85.5 cm³/mol. The Morgan fingerprint density at radius 2 is 1.82 bits per heavy atom. The topological polar surface area (TPSA) is 55.4 Å². The number of ether oxygens (including phenoxy) is 1. The van der Waals surface area contributed by atoms with Gasteiger partial charge in [-0.2, -0.15) is 0 Å². The maximum absolute atomic E-state index is 12.2. The summed E-state index contributed by atoms with van der Waals surface area (Å²) in [7, 11) is 0. The maximum Gasteiger partial charge on any atom is 0.306 e. The van der Waals surface area contributed by atoms with Gasteiger partial charge in [0.1, 0.15) is 0 Å². The number of benzene rings is 1. The van der Waals surface area contributed by atoms with E-state index in [1.807, 2.05) is 25.1 Å². The number of carbonyl (C=O) groups is 2. The zero-order chi connectivity index (χ0) is 15.8. The van der Waals surface area contributed by atoms with E-state index in [2.05, 4.69) is 5.32 Å². The summed E-state index contributed by atoms with van der Waals surface area (Å²) in [5, 5.41) is 3.01. The van der Waals surface area contributed by atoms with Crippen molar-refractivity contribution in [1.29, 1.82) is 0 Å². The highest BCUT2D eigenvalue weighted by atomic mass is 16.5. The lowest BCUT2D eigenvalue weighted by Gasteiger charge is -2.36. The van der Waals surface area contributed by atoms with E-state index < -0.39 is 0 Å². The normalized spacial score (nSPS) is 16.8. The van der Waals surface area contributed by atoms with Crippen LogP contribution in [0.5, 0.6) is 0 Å². The van der Waals surface area contributed by atoms with Gasteiger partial charge in [0.2, 0.25) is 0 Å². The molecule has 4 heteroatoms. The first-order chi connectivity index (χ1) is 10.7. The van der Waals surface area contributed by atoms with Crippen LogP contribution in [0.2, 0.25) is 0 Å². The molecule has 1 N–H and O–H groups in total. The molecular formula is C18H25NO3. The van der Waals surface area contributed by atoms with Crippen LogP contribution in [0.1, 0.15) is 55.8 Å². The molecule has 0 radical (unpaired) electrons. The van der Waals surface area contributed by atoms with Crippen molar-refractivity contribution in [2.45, 2.75) is 45.4 Å². The highest BCUT2D eigenvalue weighted by Gasteiger charge is 2.35. The lowest BCUT2D eigenvalue weighted by Crippen LogP contribution is -2.40. The van der Waals surface area contributed by atoms with Crippen molar-refractivity contribution in [3.63, 3.8) is 0 Å². The van der Waals surface area contributed by atoms with Crippen molar-refractivity contribution in [2.24, 2.45) is 5.41 Å². The van der Waals surface area contributed by atoms with Crippen molar-refractivity contribution in [2.75, 3.05) is 13.2 Å². The van der Waals surface area contributed by atoms with E-state index in [4.69, 9.17) is 4.74 Å². The minimum Gasteiger partial charge on any atom is -0.466 e. The Kier molecular flexibility index (Phi) is 5.99. The molecule has 0 aromatic heterocycles. The van der Waals surface area contributed by atoms with Gasteiger partial charge in [0.25, 0.3) is 5.91 Å². The van der Waals surface area contributed by atoms with Crippen LogP contribution in [-0.2, 0) is 9.53 Å². The average Bonchev–Trinajstić information content (AvgIpc) is 2.54. The Balaban J connectivity index is 1.97. The minimum atomic E-state index is -0.154. The molecule has 22 heavy (non-hydrogen) atoms. The van der Waals surface area contributed by atoms with Gasteiger partial charge in [0, 0.05) is 12.1 Å². The first-order valence-corrected chi connectivity index (χ1v) is 8.14. The smallest absolute Gasteiger partial charge is 0.306 e. The van der Waals surface area contributed by atoms with E-state index in [9.17, 15) is 9.59 Å². The zero-order valence-electron chi connectivity index (χ0n) is 13.3. The summed E-state index contributed by atoms with van der Waals surface area (Å²) in [5.41, 5.74) is 0.513. The number of hydrogen-bond acceptors (Lipinski definition) is 3. The molecule has 1 fully saturated rings. The summed E-state index contributed by atoms with van der Waals surface area (Å²) in [6.07, 6.45) is 5.77. The Hall–Kier alpha value is -1.84. The summed E-state index contributed by atoms with van der Waals surface area (Å²) < 4.78 is 5.11. The van der Waals surface area contributed by atoms with Crippen LogP contribution in [0, 0.1) is 5.41 Å². The predicted octanol–water partition coefficient (Wildman–Crippen LogP) is 3.32. The summed E-state index contributed by atoms with van der Waals surface area (Å²) in [6.45, 7) is 2.77. The van der Waals surface area contributed by atoms with Gasteiger partial charge in [-0.25, -0.2) is 0 Å². The molecule has 1 amide bonds. The molecule has 0 saturated heterocycles. The first kappa shape index (κ1) is 16.5. The summed E-state index contributed by atoms with van der Waals surface area (Å²) in [4.78, 5) is 24.1. The SMILES string of the molecule is CCOC(=O)CC1(CNC(=O)c2ccccc2)CCCCC1. The average molecular weight is 303 g/mol. The fourth-order valence-corrected chi connectivity index (χ4v) is 3.20. The molecule has 120 valence electrons. The van der Waals surface area contributed by atoms with Gasteiger partial charge in [-0.05, 0) is 37.3 Å². The highest BCUT2D eigenvalue weighted by molar-refractivity contribution is 5.94. The molecule has 0 spiro atoms. The van der Waals surface area contributed by atoms with E-state index in [0.717, 1.165) is 25.7 Å². The molecule has 1 saturated carbocycles. The first-order valence-electron chi connectivity index (χ1n) is 8.14. The third kappa shape index (κ3) is 4.58. The van der Waals surface area contributed by atoms with E-state index in [1.165, 1.54) is 6.42 Å². The Bertz CT molecular complexity index is 492. The van der Waals surface area contributed by atoms with Gasteiger partial charge in [-0.1, -0.05) is 37.5 Å². The number of amides is 1. The third-order valence-electron chi connectivity index (χ3n) is 4.40. The van der Waals surface area contributed by atoms with Crippen molar-refractivity contribution < 1.29 is 14.3 Å². The number of esters is 1. The minimum absolute atomic E-state index is 0.0746. The Morgan fingerprint density at radius 1 is 1.14 bits per heavy atom. The molecule has 1 aliphatic carbocycles. The fraction of sp³-hybridized carbons (Fsp3) is 0.556. The van der Waals surface area contributed by atoms with Crippen LogP contribution in [0.25, 0.3) is 0 Å². The summed E-state index contributed by atoms with van der Waals surface area (Å²) in [6, 6.07) is 9.19. The van der Waals surface area contributed by atoms with E-state index in [1.54, 1.807) is 12.1 Å². The van der Waals surface area contributed by atoms with Crippen molar-refractivity contribution in [3.8, 4) is 0 Å². The second-order valence-corrected chi connectivity index (χ2v) is 6.09. The molecule has 0 unspecified atom stereocenters. The van der Waals surface area contributed by atoms with Crippen molar-refractivity contribution >= 4 is 11.9 Å². The molecule has 0 atom stereocenters. The van der Waals surface area contributed by atoms with Crippen molar-refractivity contribution in [3.05, 3.63) is 35.9 Å². The van der Waals surface area contributed by atoms with E-state index >= 15 is 0 Å². The van der Waals surface area contributed by atoms with Crippen molar-refractivity contribution in [1.82, 2.24) is 5.32 Å². The third-order valence-corrected chi connectivity index (χ3v) is 4.40. The number of nitrogens with one attached hydrogen (secondary N) is 1. The molecule has 0 aliphatic heterocycles. The standard InChI is InChI=1S/C18H25NO3/c1-2-22-16(20)13-18(11-7-4-8-12-18)14-19-17(21)15-9-5-3-6-10-15/h3,5-6,9-10H,2,4,7-8,11-14H2,1H3,(H,19,21). The lowest BCUT2D eigenvalue weighted by molar-refractivity contribution is -0.146. The van der Waals surface area contributed by atoms with E-state index in [0.29, 0.717) is 25.1 Å². The highest BCUT2D eigenvalue weighted by Crippen LogP contribution is 2.39. The van der Waals surface area contributed by atoms with Crippen LogP contribution in [0.15, 0.2) is 30.3 Å². The van der Waals surface area contributed by atoms with Gasteiger partial charge < -0.3 is 10.1 Å². The Labute approximate surface area is 132 Å². The number of rotatable bonds is 6. The molecular weight excluding hydrogens is 278 g/mol. The molecule has 1 aromatic carbocycles. The van der Waals surface area contributed by atoms with E-state index in [-0.39, 0.29) is 17.3 Å². The van der Waals surface area contributed by atoms with Crippen LogP contribution < -0.4 is 5.32 Å². The van der Waals surface area contributed by atoms with Crippen LogP contribution in [0.3, 0.4) is 0 Å². The second kappa shape index (κ2) is 7.97. The second-order valence-electron chi connectivity index (χ2n) is 6.09. The summed E-state index contributed by atoms with van der Waals surface area (Å²) in [5.74, 6) is -0.229. The molecule has 1 aliphatic rings. The van der Waals surface area contributed by atoms with Crippen LogP contribution >= 0.6 is 0 Å². The Morgan fingerprint density at radius 3 is 2.45 bits per heavy atom. The zero-order valence-corrected chi connectivity index (χ0v) is 13.3. The number of carbonyl (C=O) groups excluding carboxylic acids is 2. The summed E-state index contributed by atoms with van der Waals surface area (Å²) >= 11 is 0.